The third-order valence-corrected chi connectivity index (χ3v) is 11.6. The van der Waals surface area contributed by atoms with E-state index in [0.717, 1.165) is 69.2 Å². The molecule has 0 aromatic rings. The van der Waals surface area contributed by atoms with Gasteiger partial charge in [-0.2, -0.15) is 0 Å². The van der Waals surface area contributed by atoms with E-state index in [1.54, 1.807) is 0 Å². The maximum Gasteiger partial charge on any atom is 0.168 e. The topological polar surface area (TPSA) is 55.4 Å². The van der Waals surface area contributed by atoms with E-state index in [2.05, 4.69) is 13.8 Å². The van der Waals surface area contributed by atoms with Gasteiger partial charge in [0.2, 0.25) is 0 Å². The van der Waals surface area contributed by atoms with E-state index in [1.165, 1.54) is 51.4 Å². The van der Waals surface area contributed by atoms with Crippen LogP contribution in [-0.2, 0) is 28.4 Å². The highest BCUT2D eigenvalue weighted by Gasteiger charge is 2.62. The van der Waals surface area contributed by atoms with Crippen molar-refractivity contribution >= 4 is 0 Å². The van der Waals surface area contributed by atoms with Gasteiger partial charge in [0, 0.05) is 19.4 Å². The summed E-state index contributed by atoms with van der Waals surface area (Å²) in [6, 6.07) is 0. The zero-order valence-corrected chi connectivity index (χ0v) is 22.8. The monoisotopic (exact) mass is 506 g/mol. The fourth-order valence-electron chi connectivity index (χ4n) is 9.61. The van der Waals surface area contributed by atoms with Crippen molar-refractivity contribution in [2.24, 2.45) is 34.5 Å². The highest BCUT2D eigenvalue weighted by molar-refractivity contribution is 5.10. The van der Waals surface area contributed by atoms with Crippen LogP contribution in [0.4, 0.5) is 0 Å². The van der Waals surface area contributed by atoms with Gasteiger partial charge in [0.05, 0.1) is 45.7 Å². The van der Waals surface area contributed by atoms with Crippen molar-refractivity contribution in [2.75, 3.05) is 46.2 Å². The lowest BCUT2D eigenvalue weighted by atomic mass is 9.45. The van der Waals surface area contributed by atoms with Crippen LogP contribution in [0.25, 0.3) is 0 Å². The third kappa shape index (κ3) is 4.81. The first-order valence-electron chi connectivity index (χ1n) is 15.2. The molecule has 1 unspecified atom stereocenters. The number of fused-ring (bicyclic) bond motifs is 5. The zero-order chi connectivity index (χ0) is 24.6. The van der Waals surface area contributed by atoms with Crippen LogP contribution in [0, 0.1) is 34.5 Å². The van der Waals surface area contributed by atoms with Gasteiger partial charge in [-0.1, -0.05) is 13.8 Å². The van der Waals surface area contributed by atoms with Gasteiger partial charge in [-0.3, -0.25) is 0 Å². The first-order valence-corrected chi connectivity index (χ1v) is 15.2. The zero-order valence-electron chi connectivity index (χ0n) is 22.8. The van der Waals surface area contributed by atoms with E-state index in [9.17, 15) is 0 Å². The van der Waals surface area contributed by atoms with Crippen molar-refractivity contribution in [1.82, 2.24) is 0 Å². The Hall–Kier alpha value is -0.240. The average Bonchev–Trinajstić information content (AvgIpc) is 3.49. The molecule has 2 saturated heterocycles. The molecule has 6 rings (SSSR count). The van der Waals surface area contributed by atoms with Gasteiger partial charge in [-0.25, -0.2) is 0 Å². The lowest BCUT2D eigenvalue weighted by Gasteiger charge is -2.61. The molecule has 0 N–H and O–H groups in total. The Balaban J connectivity index is 0.971. The first-order chi connectivity index (χ1) is 17.5. The molecule has 2 aliphatic heterocycles. The van der Waals surface area contributed by atoms with Crippen LogP contribution in [0.2, 0.25) is 0 Å². The van der Waals surface area contributed by atoms with Crippen molar-refractivity contribution in [2.45, 2.75) is 109 Å². The van der Waals surface area contributed by atoms with Crippen molar-refractivity contribution in [1.29, 1.82) is 0 Å². The summed E-state index contributed by atoms with van der Waals surface area (Å²) in [4.78, 5) is 0. The van der Waals surface area contributed by atoms with Crippen LogP contribution in [0.3, 0.4) is 0 Å². The van der Waals surface area contributed by atoms with E-state index in [1.807, 2.05) is 0 Å². The molecule has 0 aromatic carbocycles. The van der Waals surface area contributed by atoms with E-state index in [4.69, 9.17) is 28.4 Å². The Morgan fingerprint density at radius 3 is 2.31 bits per heavy atom. The molecule has 4 aliphatic carbocycles. The van der Waals surface area contributed by atoms with Gasteiger partial charge < -0.3 is 28.4 Å². The molecule has 4 saturated carbocycles. The van der Waals surface area contributed by atoms with Gasteiger partial charge in [0.15, 0.2) is 12.1 Å². The van der Waals surface area contributed by atoms with E-state index in [0.29, 0.717) is 43.4 Å². The minimum atomic E-state index is -0.246. The van der Waals surface area contributed by atoms with Crippen LogP contribution < -0.4 is 0 Å². The van der Waals surface area contributed by atoms with E-state index >= 15 is 0 Å². The Kier molecular flexibility index (Phi) is 7.75. The second-order valence-corrected chi connectivity index (χ2v) is 13.2. The molecule has 1 spiro atoms. The minimum Gasteiger partial charge on any atom is -0.377 e. The number of ether oxygens (including phenoxy) is 6. The SMILES string of the molecule is C[C@]12CCC3(C[C@@H]1CC[C@@H]1[C@@H]2CC[C@]2(C)[C@@H](OCCOCCOC4CCCCO4)CC[C@@H]12)OCCO3. The molecular weight excluding hydrogens is 456 g/mol. The molecular formula is C30H50O6. The minimum absolute atomic E-state index is 0.0273. The summed E-state index contributed by atoms with van der Waals surface area (Å²) in [5, 5.41) is 0. The molecule has 8 atom stereocenters. The molecule has 6 heteroatoms. The van der Waals surface area contributed by atoms with E-state index in [-0.39, 0.29) is 12.1 Å². The predicted octanol–water partition coefficient (Wildman–Crippen LogP) is 5.72. The molecule has 6 aliphatic rings. The highest BCUT2D eigenvalue weighted by Crippen LogP contribution is 2.67. The number of hydrogen-bond acceptors (Lipinski definition) is 6. The van der Waals surface area contributed by atoms with E-state index < -0.39 is 0 Å². The van der Waals surface area contributed by atoms with Crippen LogP contribution in [-0.4, -0.2) is 64.4 Å². The summed E-state index contributed by atoms with van der Waals surface area (Å²) >= 11 is 0. The third-order valence-electron chi connectivity index (χ3n) is 11.6. The quantitative estimate of drug-likeness (QED) is 0.393. The van der Waals surface area contributed by atoms with Crippen molar-refractivity contribution in [3.8, 4) is 0 Å². The fourth-order valence-corrected chi connectivity index (χ4v) is 9.61. The highest BCUT2D eigenvalue weighted by atomic mass is 16.7. The first kappa shape index (κ1) is 26.0. The van der Waals surface area contributed by atoms with Gasteiger partial charge in [0.1, 0.15) is 0 Å². The lowest BCUT2D eigenvalue weighted by molar-refractivity contribution is -0.230. The van der Waals surface area contributed by atoms with Gasteiger partial charge >= 0.3 is 0 Å². The smallest absolute Gasteiger partial charge is 0.168 e. The van der Waals surface area contributed by atoms with Crippen molar-refractivity contribution < 1.29 is 28.4 Å². The van der Waals surface area contributed by atoms with Crippen LogP contribution >= 0.6 is 0 Å². The predicted molar refractivity (Wildman–Crippen MR) is 136 cm³/mol. The maximum atomic E-state index is 6.52. The summed E-state index contributed by atoms with van der Waals surface area (Å²) in [6.45, 7) is 10.2. The molecule has 0 amide bonds. The summed E-state index contributed by atoms with van der Waals surface area (Å²) in [7, 11) is 0. The standard InChI is InChI=1S/C30H50O6/c1-28-12-13-30(35-19-20-36-30)21-22(28)6-7-23-24-8-9-26(29(24,2)11-10-25(23)28)32-17-15-31-16-18-34-27-5-3-4-14-33-27/h22-27H,3-21H2,1-2H3/t22-,23-,24-,25-,26-,27?,28-,29-/m0/s1. The molecule has 6 nitrogen and oxygen atoms in total. The van der Waals surface area contributed by atoms with Gasteiger partial charge in [-0.15, -0.1) is 0 Å². The summed E-state index contributed by atoms with van der Waals surface area (Å²) < 4.78 is 36.0. The molecule has 6 fully saturated rings. The molecule has 36 heavy (non-hydrogen) atoms. The largest absolute Gasteiger partial charge is 0.377 e. The molecule has 0 aromatic heterocycles. The molecule has 2 heterocycles. The molecule has 0 bridgehead atoms. The van der Waals surface area contributed by atoms with Crippen molar-refractivity contribution in [3.63, 3.8) is 0 Å². The van der Waals surface area contributed by atoms with Gasteiger partial charge in [0.25, 0.3) is 0 Å². The average molecular weight is 507 g/mol. The van der Waals surface area contributed by atoms with Crippen LogP contribution in [0.5, 0.6) is 0 Å². The second-order valence-electron chi connectivity index (χ2n) is 13.2. The lowest BCUT2D eigenvalue weighted by Crippen LogP contribution is -2.56. The number of rotatable bonds is 8. The molecule has 206 valence electrons. The molecule has 0 radical (unpaired) electrons. The number of hydrogen-bond donors (Lipinski definition) is 0. The Bertz CT molecular complexity index is 733. The summed E-state index contributed by atoms with van der Waals surface area (Å²) in [5.74, 6) is 3.06. The van der Waals surface area contributed by atoms with Crippen LogP contribution in [0.15, 0.2) is 0 Å². The summed E-state index contributed by atoms with van der Waals surface area (Å²) in [5.41, 5.74) is 0.793. The normalized spacial score (nSPS) is 45.8. The Morgan fingerprint density at radius 2 is 1.50 bits per heavy atom. The Labute approximate surface area is 218 Å². The second kappa shape index (κ2) is 10.7. The maximum absolute atomic E-state index is 6.52. The van der Waals surface area contributed by atoms with Gasteiger partial charge in [-0.05, 0) is 98.7 Å². The van der Waals surface area contributed by atoms with Crippen LogP contribution in [0.1, 0.15) is 90.9 Å². The van der Waals surface area contributed by atoms with Crippen molar-refractivity contribution in [3.05, 3.63) is 0 Å². The fraction of sp³-hybridized carbons (Fsp3) is 1.00. The summed E-state index contributed by atoms with van der Waals surface area (Å²) in [6.07, 6.45) is 15.2. The Morgan fingerprint density at radius 1 is 0.694 bits per heavy atom.